The van der Waals surface area contributed by atoms with E-state index in [0.717, 1.165) is 4.47 Å². The van der Waals surface area contributed by atoms with E-state index in [1.165, 1.54) is 17.4 Å². The standard InChI is InChI=1S/C12H15BrN2O2/c1-2-15-7-9(13)5-10(12(15)17)11(16)14-6-8-3-4-8/h5,7-8H,2-4,6H2,1H3,(H,14,16). The Bertz CT molecular complexity index is 492. The van der Waals surface area contributed by atoms with Gasteiger partial charge in [-0.05, 0) is 47.7 Å². The molecule has 0 atom stereocenters. The number of nitrogens with zero attached hydrogens (tertiary/aromatic N) is 1. The highest BCUT2D eigenvalue weighted by Crippen LogP contribution is 2.27. The molecular weight excluding hydrogens is 284 g/mol. The molecule has 1 aromatic heterocycles. The molecule has 2 rings (SSSR count). The maximum Gasteiger partial charge on any atom is 0.263 e. The summed E-state index contributed by atoms with van der Waals surface area (Å²) in [5.41, 5.74) is -0.0223. The number of halogens is 1. The van der Waals surface area contributed by atoms with Gasteiger partial charge >= 0.3 is 0 Å². The van der Waals surface area contributed by atoms with Crippen LogP contribution in [0.3, 0.4) is 0 Å². The first-order valence-corrected chi connectivity index (χ1v) is 6.59. The van der Waals surface area contributed by atoms with Crippen molar-refractivity contribution in [3.8, 4) is 0 Å². The van der Waals surface area contributed by atoms with Gasteiger partial charge in [0, 0.05) is 23.8 Å². The molecule has 1 saturated carbocycles. The van der Waals surface area contributed by atoms with Crippen LogP contribution in [0.4, 0.5) is 0 Å². The quantitative estimate of drug-likeness (QED) is 0.921. The number of aromatic nitrogens is 1. The smallest absolute Gasteiger partial charge is 0.263 e. The van der Waals surface area contributed by atoms with Crippen molar-refractivity contribution >= 4 is 21.8 Å². The maximum absolute atomic E-state index is 11.9. The second kappa shape index (κ2) is 5.04. The fraction of sp³-hybridized carbons (Fsp3) is 0.500. The lowest BCUT2D eigenvalue weighted by Crippen LogP contribution is -2.33. The SMILES string of the molecule is CCn1cc(Br)cc(C(=O)NCC2CC2)c1=O. The van der Waals surface area contributed by atoms with Crippen LogP contribution in [0.1, 0.15) is 30.1 Å². The van der Waals surface area contributed by atoms with Crippen LogP contribution < -0.4 is 10.9 Å². The first-order chi connectivity index (χ1) is 8.11. The normalized spacial score (nSPS) is 14.7. The van der Waals surface area contributed by atoms with E-state index in [2.05, 4.69) is 21.2 Å². The van der Waals surface area contributed by atoms with E-state index < -0.39 is 0 Å². The summed E-state index contributed by atoms with van der Waals surface area (Å²) in [7, 11) is 0. The number of pyridine rings is 1. The topological polar surface area (TPSA) is 51.1 Å². The first kappa shape index (κ1) is 12.4. The molecule has 1 aliphatic rings. The zero-order chi connectivity index (χ0) is 12.4. The number of carbonyl (C=O) groups excluding carboxylic acids is 1. The molecule has 0 saturated heterocycles. The highest BCUT2D eigenvalue weighted by Gasteiger charge is 2.22. The second-order valence-electron chi connectivity index (χ2n) is 4.32. The van der Waals surface area contributed by atoms with E-state index in [-0.39, 0.29) is 17.0 Å². The van der Waals surface area contributed by atoms with Gasteiger partial charge in [-0.2, -0.15) is 0 Å². The largest absolute Gasteiger partial charge is 0.352 e. The molecule has 5 heteroatoms. The molecule has 1 heterocycles. The molecule has 1 amide bonds. The maximum atomic E-state index is 11.9. The summed E-state index contributed by atoms with van der Waals surface area (Å²) in [6.07, 6.45) is 4.05. The Labute approximate surface area is 108 Å². The zero-order valence-electron chi connectivity index (χ0n) is 9.70. The summed E-state index contributed by atoms with van der Waals surface area (Å²) in [4.78, 5) is 23.8. The molecule has 0 aromatic carbocycles. The fourth-order valence-electron chi connectivity index (χ4n) is 1.65. The zero-order valence-corrected chi connectivity index (χ0v) is 11.3. The van der Waals surface area contributed by atoms with Gasteiger partial charge in [0.25, 0.3) is 11.5 Å². The number of hydrogen-bond donors (Lipinski definition) is 1. The third-order valence-corrected chi connectivity index (χ3v) is 3.32. The van der Waals surface area contributed by atoms with Crippen molar-refractivity contribution in [2.24, 2.45) is 5.92 Å². The Balaban J connectivity index is 2.20. The minimum absolute atomic E-state index is 0.210. The van der Waals surface area contributed by atoms with Crippen LogP contribution in [-0.4, -0.2) is 17.0 Å². The average molecular weight is 299 g/mol. The van der Waals surface area contributed by atoms with Crippen molar-refractivity contribution in [3.05, 3.63) is 32.7 Å². The van der Waals surface area contributed by atoms with Gasteiger partial charge < -0.3 is 9.88 Å². The Morgan fingerprint density at radius 3 is 2.88 bits per heavy atom. The highest BCUT2D eigenvalue weighted by molar-refractivity contribution is 9.10. The number of amides is 1. The number of hydrogen-bond acceptors (Lipinski definition) is 2. The van der Waals surface area contributed by atoms with Crippen LogP contribution in [0, 0.1) is 5.92 Å². The van der Waals surface area contributed by atoms with Gasteiger partial charge in [0.15, 0.2) is 0 Å². The van der Waals surface area contributed by atoms with Gasteiger partial charge in [-0.25, -0.2) is 0 Å². The lowest BCUT2D eigenvalue weighted by Gasteiger charge is -2.07. The molecule has 0 unspecified atom stereocenters. The average Bonchev–Trinajstić information content (AvgIpc) is 3.12. The van der Waals surface area contributed by atoms with Gasteiger partial charge in [-0.1, -0.05) is 0 Å². The summed E-state index contributed by atoms with van der Waals surface area (Å²) < 4.78 is 2.27. The van der Waals surface area contributed by atoms with E-state index >= 15 is 0 Å². The summed E-state index contributed by atoms with van der Waals surface area (Å²) >= 11 is 3.31. The van der Waals surface area contributed by atoms with Crippen molar-refractivity contribution in [2.75, 3.05) is 6.54 Å². The third kappa shape index (κ3) is 2.97. The molecule has 4 nitrogen and oxygen atoms in total. The van der Waals surface area contributed by atoms with Gasteiger partial charge in [-0.15, -0.1) is 0 Å². The number of rotatable bonds is 4. The predicted molar refractivity (Wildman–Crippen MR) is 69.1 cm³/mol. The molecule has 1 fully saturated rings. The molecule has 1 aliphatic carbocycles. The van der Waals surface area contributed by atoms with Crippen LogP contribution in [0.5, 0.6) is 0 Å². The van der Waals surface area contributed by atoms with E-state index in [4.69, 9.17) is 0 Å². The molecule has 0 aliphatic heterocycles. The summed E-state index contributed by atoms with van der Waals surface area (Å²) in [5, 5.41) is 2.81. The van der Waals surface area contributed by atoms with E-state index in [9.17, 15) is 9.59 Å². The molecule has 92 valence electrons. The summed E-state index contributed by atoms with van der Waals surface area (Å²) in [6, 6.07) is 1.58. The second-order valence-corrected chi connectivity index (χ2v) is 5.23. The van der Waals surface area contributed by atoms with Crippen LogP contribution in [0.2, 0.25) is 0 Å². The monoisotopic (exact) mass is 298 g/mol. The number of aryl methyl sites for hydroxylation is 1. The first-order valence-electron chi connectivity index (χ1n) is 5.80. The molecule has 1 aromatic rings. The van der Waals surface area contributed by atoms with Gasteiger partial charge in [-0.3, -0.25) is 9.59 Å². The predicted octanol–water partition coefficient (Wildman–Crippen LogP) is 1.77. The van der Waals surface area contributed by atoms with E-state index in [1.807, 2.05) is 6.92 Å². The summed E-state index contributed by atoms with van der Waals surface area (Å²) in [6.45, 7) is 3.11. The van der Waals surface area contributed by atoms with Crippen molar-refractivity contribution in [2.45, 2.75) is 26.3 Å². The van der Waals surface area contributed by atoms with Gasteiger partial charge in [0.05, 0.1) is 0 Å². The Morgan fingerprint density at radius 1 is 1.59 bits per heavy atom. The Hall–Kier alpha value is -1.10. The van der Waals surface area contributed by atoms with Crippen LogP contribution >= 0.6 is 15.9 Å². The molecular formula is C12H15BrN2O2. The molecule has 1 N–H and O–H groups in total. The lowest BCUT2D eigenvalue weighted by atomic mass is 10.2. The molecule has 0 spiro atoms. The third-order valence-electron chi connectivity index (χ3n) is 2.89. The molecule has 0 bridgehead atoms. The van der Waals surface area contributed by atoms with Crippen molar-refractivity contribution < 1.29 is 4.79 Å². The van der Waals surface area contributed by atoms with Crippen molar-refractivity contribution in [1.82, 2.24) is 9.88 Å². The van der Waals surface area contributed by atoms with E-state index in [1.54, 1.807) is 12.3 Å². The van der Waals surface area contributed by atoms with Crippen LogP contribution in [-0.2, 0) is 6.54 Å². The van der Waals surface area contributed by atoms with Gasteiger partial charge in [0.1, 0.15) is 5.56 Å². The summed E-state index contributed by atoms with van der Waals surface area (Å²) in [5.74, 6) is 0.338. The number of nitrogens with one attached hydrogen (secondary N) is 1. The van der Waals surface area contributed by atoms with Crippen molar-refractivity contribution in [1.29, 1.82) is 0 Å². The van der Waals surface area contributed by atoms with Crippen LogP contribution in [0.25, 0.3) is 0 Å². The Kier molecular flexibility index (Phi) is 3.66. The van der Waals surface area contributed by atoms with E-state index in [0.29, 0.717) is 19.0 Å². The van der Waals surface area contributed by atoms with Crippen LogP contribution in [0.15, 0.2) is 21.5 Å². The van der Waals surface area contributed by atoms with Crippen molar-refractivity contribution in [3.63, 3.8) is 0 Å². The molecule has 17 heavy (non-hydrogen) atoms. The van der Waals surface area contributed by atoms with Gasteiger partial charge in [0.2, 0.25) is 0 Å². The lowest BCUT2D eigenvalue weighted by molar-refractivity contribution is 0.0949. The minimum atomic E-state index is -0.273. The number of carbonyl (C=O) groups is 1. The Morgan fingerprint density at radius 2 is 2.29 bits per heavy atom. The fourth-order valence-corrected chi connectivity index (χ4v) is 2.13. The minimum Gasteiger partial charge on any atom is -0.352 e. The molecule has 0 radical (unpaired) electrons. The highest BCUT2D eigenvalue weighted by atomic mass is 79.9.